The summed E-state index contributed by atoms with van der Waals surface area (Å²) in [4.78, 5) is 22.0. The quantitative estimate of drug-likeness (QED) is 0.661. The van der Waals surface area contributed by atoms with Gasteiger partial charge in [-0.1, -0.05) is 18.2 Å². The molecule has 0 N–H and O–H groups in total. The van der Waals surface area contributed by atoms with Crippen molar-refractivity contribution in [3.05, 3.63) is 40.6 Å². The highest BCUT2D eigenvalue weighted by Gasteiger charge is 2.02. The maximum Gasteiger partial charge on any atom is 0.343 e. The summed E-state index contributed by atoms with van der Waals surface area (Å²) in [6.45, 7) is -0.254. The van der Waals surface area contributed by atoms with Crippen LogP contribution >= 0.6 is 0 Å². The van der Waals surface area contributed by atoms with Crippen molar-refractivity contribution in [1.29, 1.82) is 0 Å². The maximum atomic E-state index is 11.2. The summed E-state index contributed by atoms with van der Waals surface area (Å²) in [5, 5.41) is 0. The van der Waals surface area contributed by atoms with Crippen LogP contribution in [-0.2, 0) is 9.53 Å². The van der Waals surface area contributed by atoms with Gasteiger partial charge in [-0.2, -0.15) is 0 Å². The number of hydrogen-bond acceptors (Lipinski definition) is 4. The lowest BCUT2D eigenvalue weighted by Gasteiger charge is -2.00. The average molecular weight is 194 g/mol. The van der Waals surface area contributed by atoms with Crippen LogP contribution in [0.4, 0.5) is 0 Å². The first kappa shape index (κ1) is 10.2. The largest absolute Gasteiger partial charge is 0.478 e. The second-order valence-corrected chi connectivity index (χ2v) is 2.50. The molecule has 4 nitrogen and oxygen atoms in total. The number of methoxy groups -OCH3 is 1. The van der Waals surface area contributed by atoms with Crippen molar-refractivity contribution in [2.75, 3.05) is 13.7 Å². The van der Waals surface area contributed by atoms with E-state index in [2.05, 4.69) is 4.74 Å². The summed E-state index contributed by atoms with van der Waals surface area (Å²) < 4.78 is 9.33. The summed E-state index contributed by atoms with van der Waals surface area (Å²) in [7, 11) is 1.26. The minimum Gasteiger partial charge on any atom is -0.478 e. The van der Waals surface area contributed by atoms with Crippen molar-refractivity contribution >= 4 is 5.97 Å². The van der Waals surface area contributed by atoms with E-state index in [1.807, 2.05) is 0 Å². The molecular weight excluding hydrogens is 184 g/mol. The van der Waals surface area contributed by atoms with Crippen molar-refractivity contribution in [3.63, 3.8) is 0 Å². The van der Waals surface area contributed by atoms with Gasteiger partial charge in [-0.15, -0.1) is 0 Å². The molecule has 74 valence electrons. The van der Waals surface area contributed by atoms with Crippen molar-refractivity contribution in [1.82, 2.24) is 0 Å². The van der Waals surface area contributed by atoms with Crippen LogP contribution in [0.15, 0.2) is 35.1 Å². The molecule has 0 aromatic heterocycles. The molecule has 0 radical (unpaired) electrons. The van der Waals surface area contributed by atoms with Gasteiger partial charge in [0.25, 0.3) is 0 Å². The Balaban J connectivity index is 2.74. The minimum atomic E-state index is -0.518. The highest BCUT2D eigenvalue weighted by Crippen LogP contribution is 1.99. The van der Waals surface area contributed by atoms with Crippen molar-refractivity contribution in [2.24, 2.45) is 0 Å². The summed E-state index contributed by atoms with van der Waals surface area (Å²) in [6.07, 6.45) is 0. The van der Waals surface area contributed by atoms with E-state index in [1.54, 1.807) is 18.2 Å². The Hall–Kier alpha value is -1.84. The van der Waals surface area contributed by atoms with Crippen LogP contribution in [0.2, 0.25) is 0 Å². The molecule has 0 saturated carbocycles. The fourth-order valence-electron chi connectivity index (χ4n) is 0.829. The Morgan fingerprint density at radius 3 is 2.71 bits per heavy atom. The van der Waals surface area contributed by atoms with E-state index < -0.39 is 5.97 Å². The van der Waals surface area contributed by atoms with E-state index >= 15 is 0 Å². The smallest absolute Gasteiger partial charge is 0.343 e. The van der Waals surface area contributed by atoms with Gasteiger partial charge in [0.15, 0.2) is 12.4 Å². The van der Waals surface area contributed by atoms with Gasteiger partial charge in [-0.25, -0.2) is 4.79 Å². The zero-order valence-electron chi connectivity index (χ0n) is 7.73. The molecule has 0 unspecified atom stereocenters. The molecule has 0 fully saturated rings. The molecule has 1 rings (SSSR count). The number of esters is 1. The minimum absolute atomic E-state index is 0.139. The molecule has 0 saturated heterocycles. The van der Waals surface area contributed by atoms with Crippen molar-refractivity contribution in [2.45, 2.75) is 0 Å². The first-order valence-electron chi connectivity index (χ1n) is 4.03. The molecule has 0 heterocycles. The predicted octanol–water partition coefficient (Wildman–Crippen LogP) is 0.599. The standard InChI is InChI=1S/C10H10O4/c1-13-10(12)7-14-9-6-4-2-3-5-8(9)11/h2-6H,7H2,1H3. The number of carbonyl (C=O) groups is 1. The summed E-state index contributed by atoms with van der Waals surface area (Å²) >= 11 is 0. The summed E-state index contributed by atoms with van der Waals surface area (Å²) in [5.74, 6) is -0.378. The van der Waals surface area contributed by atoms with E-state index in [1.165, 1.54) is 19.2 Å². The van der Waals surface area contributed by atoms with E-state index in [0.717, 1.165) is 0 Å². The Labute approximate surface area is 81.1 Å². The SMILES string of the molecule is COC(=O)COc1cccccc1=O. The number of rotatable bonds is 3. The fourth-order valence-corrected chi connectivity index (χ4v) is 0.829. The third-order valence-corrected chi connectivity index (χ3v) is 1.53. The van der Waals surface area contributed by atoms with E-state index in [0.29, 0.717) is 0 Å². The zero-order chi connectivity index (χ0) is 10.4. The number of ether oxygens (including phenoxy) is 2. The van der Waals surface area contributed by atoms with Crippen LogP contribution in [0.5, 0.6) is 5.75 Å². The Bertz CT molecular complexity index is 373. The first-order valence-corrected chi connectivity index (χ1v) is 4.03. The van der Waals surface area contributed by atoms with Crippen LogP contribution in [0.25, 0.3) is 0 Å². The summed E-state index contributed by atoms with van der Waals surface area (Å²) in [5.41, 5.74) is -0.265. The lowest BCUT2D eigenvalue weighted by Crippen LogP contribution is -2.15. The molecule has 4 heteroatoms. The average Bonchev–Trinajstić information content (AvgIpc) is 2.39. The van der Waals surface area contributed by atoms with Crippen LogP contribution in [0, 0.1) is 0 Å². The first-order chi connectivity index (χ1) is 6.74. The molecule has 0 spiro atoms. The fraction of sp³-hybridized carbons (Fsp3) is 0.200. The van der Waals surface area contributed by atoms with E-state index in [4.69, 9.17) is 4.74 Å². The van der Waals surface area contributed by atoms with Crippen LogP contribution in [0.1, 0.15) is 0 Å². The van der Waals surface area contributed by atoms with Gasteiger partial charge in [0.1, 0.15) is 0 Å². The topological polar surface area (TPSA) is 52.6 Å². The van der Waals surface area contributed by atoms with Gasteiger partial charge >= 0.3 is 5.97 Å². The lowest BCUT2D eigenvalue weighted by molar-refractivity contribution is -0.142. The van der Waals surface area contributed by atoms with Crippen LogP contribution in [0.3, 0.4) is 0 Å². The lowest BCUT2D eigenvalue weighted by atomic mass is 10.4. The van der Waals surface area contributed by atoms with Crippen LogP contribution in [-0.4, -0.2) is 19.7 Å². The highest BCUT2D eigenvalue weighted by molar-refractivity contribution is 5.70. The normalized spacial score (nSPS) is 9.21. The van der Waals surface area contributed by atoms with Crippen molar-refractivity contribution < 1.29 is 14.3 Å². The van der Waals surface area contributed by atoms with Gasteiger partial charge in [-0.3, -0.25) is 4.79 Å². The van der Waals surface area contributed by atoms with Gasteiger partial charge in [0, 0.05) is 0 Å². The highest BCUT2D eigenvalue weighted by atomic mass is 16.6. The van der Waals surface area contributed by atoms with Gasteiger partial charge in [-0.05, 0) is 12.1 Å². The molecule has 0 bridgehead atoms. The molecule has 0 amide bonds. The molecule has 14 heavy (non-hydrogen) atoms. The molecular formula is C10H10O4. The Morgan fingerprint density at radius 2 is 2.00 bits per heavy atom. The zero-order valence-corrected chi connectivity index (χ0v) is 7.73. The second kappa shape index (κ2) is 5.01. The second-order valence-electron chi connectivity index (χ2n) is 2.50. The summed E-state index contributed by atoms with van der Waals surface area (Å²) in [6, 6.07) is 7.84. The van der Waals surface area contributed by atoms with E-state index in [-0.39, 0.29) is 17.8 Å². The molecule has 0 aliphatic heterocycles. The molecule has 1 aromatic rings. The van der Waals surface area contributed by atoms with Crippen molar-refractivity contribution in [3.8, 4) is 5.75 Å². The molecule has 0 aliphatic carbocycles. The number of hydrogen-bond donors (Lipinski definition) is 0. The third-order valence-electron chi connectivity index (χ3n) is 1.53. The maximum absolute atomic E-state index is 11.2. The molecule has 1 aromatic carbocycles. The molecule has 0 atom stereocenters. The van der Waals surface area contributed by atoms with E-state index in [9.17, 15) is 9.59 Å². The van der Waals surface area contributed by atoms with Gasteiger partial charge in [0.05, 0.1) is 7.11 Å². The van der Waals surface area contributed by atoms with Gasteiger partial charge in [0.2, 0.25) is 5.43 Å². The molecule has 0 aliphatic rings. The number of carbonyl (C=O) groups excluding carboxylic acids is 1. The third kappa shape index (κ3) is 2.90. The van der Waals surface area contributed by atoms with Gasteiger partial charge < -0.3 is 9.47 Å². The monoisotopic (exact) mass is 194 g/mol. The predicted molar refractivity (Wildman–Crippen MR) is 50.2 cm³/mol. The van der Waals surface area contributed by atoms with Crippen LogP contribution < -0.4 is 10.2 Å². The Kier molecular flexibility index (Phi) is 3.67. The Morgan fingerprint density at radius 1 is 1.29 bits per heavy atom.